The van der Waals surface area contributed by atoms with E-state index in [2.05, 4.69) is 0 Å². The van der Waals surface area contributed by atoms with Gasteiger partial charge in [0.25, 0.3) is 0 Å². The molecule has 0 saturated carbocycles. The van der Waals surface area contributed by atoms with Gasteiger partial charge in [0.2, 0.25) is 10.0 Å². The van der Waals surface area contributed by atoms with Crippen molar-refractivity contribution in [3.63, 3.8) is 0 Å². The Morgan fingerprint density at radius 3 is 2.35 bits per heavy atom. The molecule has 1 heterocycles. The highest BCUT2D eigenvalue weighted by molar-refractivity contribution is 7.89. The average Bonchev–Trinajstić information content (AvgIpc) is 2.60. The number of halogens is 1. The first-order valence-electron chi connectivity index (χ1n) is 5.42. The minimum atomic E-state index is -3.43. The lowest BCUT2D eigenvalue weighted by molar-refractivity contribution is 0.464. The van der Waals surface area contributed by atoms with Crippen molar-refractivity contribution in [3.8, 4) is 0 Å². The Kier molecular flexibility index (Phi) is 3.45. The maximum Gasteiger partial charge on any atom is 0.243 e. The Labute approximate surface area is 106 Å². The van der Waals surface area contributed by atoms with E-state index in [1.54, 1.807) is 12.1 Å². The standard InChI is InChI=1S/C11H15ClN2O2S/c1-8-6-14(7-11(8)13)17(15,16)10-4-2-9(12)3-5-10/h2-5,8,11H,6-7,13H2,1H3. The number of hydrogen-bond acceptors (Lipinski definition) is 3. The van der Waals surface area contributed by atoms with Gasteiger partial charge in [-0.25, -0.2) is 8.42 Å². The van der Waals surface area contributed by atoms with Gasteiger partial charge in [-0.2, -0.15) is 4.31 Å². The third-order valence-corrected chi connectivity index (χ3v) is 5.19. The lowest BCUT2D eigenvalue weighted by Gasteiger charge is -2.15. The quantitative estimate of drug-likeness (QED) is 0.884. The van der Waals surface area contributed by atoms with Crippen LogP contribution in [0, 0.1) is 5.92 Å². The van der Waals surface area contributed by atoms with Crippen molar-refractivity contribution in [2.75, 3.05) is 13.1 Å². The second-order valence-electron chi connectivity index (χ2n) is 4.42. The van der Waals surface area contributed by atoms with E-state index in [4.69, 9.17) is 17.3 Å². The summed E-state index contributed by atoms with van der Waals surface area (Å²) in [5.74, 6) is 0.192. The molecule has 0 aliphatic carbocycles. The van der Waals surface area contributed by atoms with Crippen LogP contribution in [-0.2, 0) is 10.0 Å². The molecule has 1 fully saturated rings. The van der Waals surface area contributed by atoms with Gasteiger partial charge in [0.1, 0.15) is 0 Å². The highest BCUT2D eigenvalue weighted by atomic mass is 35.5. The van der Waals surface area contributed by atoms with Gasteiger partial charge in [-0.3, -0.25) is 0 Å². The van der Waals surface area contributed by atoms with E-state index in [0.29, 0.717) is 18.1 Å². The van der Waals surface area contributed by atoms with E-state index >= 15 is 0 Å². The third-order valence-electron chi connectivity index (χ3n) is 3.09. The summed E-state index contributed by atoms with van der Waals surface area (Å²) in [5, 5.41) is 0.524. The minimum Gasteiger partial charge on any atom is -0.326 e. The molecule has 0 radical (unpaired) electrons. The molecule has 2 N–H and O–H groups in total. The van der Waals surface area contributed by atoms with Crippen LogP contribution in [0.1, 0.15) is 6.92 Å². The molecule has 0 bridgehead atoms. The highest BCUT2D eigenvalue weighted by Gasteiger charge is 2.35. The zero-order chi connectivity index (χ0) is 12.6. The highest BCUT2D eigenvalue weighted by Crippen LogP contribution is 2.24. The first kappa shape index (κ1) is 12.8. The number of hydrogen-bond donors (Lipinski definition) is 1. The maximum atomic E-state index is 12.3. The Morgan fingerprint density at radius 1 is 1.29 bits per heavy atom. The van der Waals surface area contributed by atoms with Crippen molar-refractivity contribution in [3.05, 3.63) is 29.3 Å². The van der Waals surface area contributed by atoms with Crippen LogP contribution in [0.2, 0.25) is 5.02 Å². The van der Waals surface area contributed by atoms with Crippen molar-refractivity contribution < 1.29 is 8.42 Å². The van der Waals surface area contributed by atoms with Crippen molar-refractivity contribution in [2.24, 2.45) is 11.7 Å². The summed E-state index contributed by atoms with van der Waals surface area (Å²) < 4.78 is 26.0. The van der Waals surface area contributed by atoms with Crippen molar-refractivity contribution in [1.29, 1.82) is 0 Å². The van der Waals surface area contributed by atoms with Crippen molar-refractivity contribution in [2.45, 2.75) is 17.9 Å². The second-order valence-corrected chi connectivity index (χ2v) is 6.79. The van der Waals surface area contributed by atoms with Gasteiger partial charge in [-0.1, -0.05) is 18.5 Å². The van der Waals surface area contributed by atoms with Crippen LogP contribution in [0.4, 0.5) is 0 Å². The molecular formula is C11H15ClN2O2S. The summed E-state index contributed by atoms with van der Waals surface area (Å²) in [6, 6.07) is 6.11. The normalized spacial score (nSPS) is 26.3. The molecule has 94 valence electrons. The first-order valence-corrected chi connectivity index (χ1v) is 7.24. The molecule has 1 aromatic carbocycles. The maximum absolute atomic E-state index is 12.3. The van der Waals surface area contributed by atoms with Gasteiger partial charge in [0.15, 0.2) is 0 Å². The summed E-state index contributed by atoms with van der Waals surface area (Å²) in [4.78, 5) is 0.267. The van der Waals surface area contributed by atoms with Gasteiger partial charge in [0, 0.05) is 24.2 Å². The topological polar surface area (TPSA) is 63.4 Å². The molecule has 2 unspecified atom stereocenters. The molecule has 0 amide bonds. The fraction of sp³-hybridized carbons (Fsp3) is 0.455. The molecule has 17 heavy (non-hydrogen) atoms. The molecule has 4 nitrogen and oxygen atoms in total. The summed E-state index contributed by atoms with van der Waals surface area (Å²) in [5.41, 5.74) is 5.84. The van der Waals surface area contributed by atoms with Gasteiger partial charge in [0.05, 0.1) is 4.90 Å². The zero-order valence-electron chi connectivity index (χ0n) is 9.51. The van der Waals surface area contributed by atoms with E-state index in [1.807, 2.05) is 6.92 Å². The van der Waals surface area contributed by atoms with Crippen LogP contribution >= 0.6 is 11.6 Å². The molecule has 2 atom stereocenters. The molecule has 1 aliphatic heterocycles. The van der Waals surface area contributed by atoms with Gasteiger partial charge in [-0.05, 0) is 30.2 Å². The Balaban J connectivity index is 2.28. The SMILES string of the molecule is CC1CN(S(=O)(=O)c2ccc(Cl)cc2)CC1N. The number of benzene rings is 1. The van der Waals surface area contributed by atoms with Crippen LogP contribution in [0.3, 0.4) is 0 Å². The molecule has 0 spiro atoms. The smallest absolute Gasteiger partial charge is 0.243 e. The Morgan fingerprint density at radius 2 is 1.88 bits per heavy atom. The first-order chi connectivity index (χ1) is 7.91. The monoisotopic (exact) mass is 274 g/mol. The molecule has 1 saturated heterocycles. The molecule has 1 aliphatic rings. The largest absolute Gasteiger partial charge is 0.326 e. The zero-order valence-corrected chi connectivity index (χ0v) is 11.1. The Bertz CT molecular complexity index is 491. The summed E-state index contributed by atoms with van der Waals surface area (Å²) in [7, 11) is -3.43. The van der Waals surface area contributed by atoms with Crippen molar-refractivity contribution in [1.82, 2.24) is 4.31 Å². The Hall–Kier alpha value is -0.620. The van der Waals surface area contributed by atoms with E-state index in [9.17, 15) is 8.42 Å². The summed E-state index contributed by atoms with van der Waals surface area (Å²) in [6.45, 7) is 2.82. The molecule has 2 rings (SSSR count). The number of nitrogens with zero attached hydrogens (tertiary/aromatic N) is 1. The summed E-state index contributed by atoms with van der Waals surface area (Å²) >= 11 is 5.74. The predicted octanol–water partition coefficient (Wildman–Crippen LogP) is 1.31. The molecule has 1 aromatic rings. The van der Waals surface area contributed by atoms with Gasteiger partial charge < -0.3 is 5.73 Å². The van der Waals surface area contributed by atoms with Gasteiger partial charge in [-0.15, -0.1) is 0 Å². The van der Waals surface area contributed by atoms with Crippen LogP contribution in [-0.4, -0.2) is 31.9 Å². The van der Waals surface area contributed by atoms with Crippen LogP contribution in [0.5, 0.6) is 0 Å². The van der Waals surface area contributed by atoms with E-state index < -0.39 is 10.0 Å². The minimum absolute atomic E-state index is 0.0860. The van der Waals surface area contributed by atoms with Crippen LogP contribution < -0.4 is 5.73 Å². The lowest BCUT2D eigenvalue weighted by atomic mass is 10.1. The van der Waals surface area contributed by atoms with Crippen LogP contribution in [0.15, 0.2) is 29.2 Å². The number of sulfonamides is 1. The summed E-state index contributed by atoms with van der Waals surface area (Å²) in [6.07, 6.45) is 0. The fourth-order valence-electron chi connectivity index (χ4n) is 1.90. The van der Waals surface area contributed by atoms with Crippen molar-refractivity contribution >= 4 is 21.6 Å². The van der Waals surface area contributed by atoms with Crippen LogP contribution in [0.25, 0.3) is 0 Å². The molecule has 6 heteroatoms. The average molecular weight is 275 g/mol. The molecule has 0 aromatic heterocycles. The third kappa shape index (κ3) is 2.47. The predicted molar refractivity (Wildman–Crippen MR) is 67.4 cm³/mol. The fourth-order valence-corrected chi connectivity index (χ4v) is 3.60. The number of rotatable bonds is 2. The van der Waals surface area contributed by atoms with E-state index in [1.165, 1.54) is 16.4 Å². The lowest BCUT2D eigenvalue weighted by Crippen LogP contribution is -2.32. The van der Waals surface area contributed by atoms with E-state index in [0.717, 1.165) is 0 Å². The van der Waals surface area contributed by atoms with Gasteiger partial charge >= 0.3 is 0 Å². The van der Waals surface area contributed by atoms with E-state index in [-0.39, 0.29) is 16.9 Å². The number of nitrogens with two attached hydrogens (primary N) is 1. The molecular weight excluding hydrogens is 260 g/mol. The second kappa shape index (κ2) is 4.57.